The molecule has 5 heteroatoms. The first-order valence-corrected chi connectivity index (χ1v) is 9.18. The van der Waals surface area contributed by atoms with E-state index in [9.17, 15) is 15.2 Å². The lowest BCUT2D eigenvalue weighted by atomic mass is 9.78. The number of carbonyl (C=O) groups excluding carboxylic acids is 1. The maximum absolute atomic E-state index is 12.3. The smallest absolute Gasteiger partial charge is 0.261 e. The van der Waals surface area contributed by atoms with Gasteiger partial charge in [0.2, 0.25) is 0 Å². The van der Waals surface area contributed by atoms with Crippen LogP contribution in [0.15, 0.2) is 17.7 Å². The topological polar surface area (TPSA) is 82.3 Å². The summed E-state index contributed by atoms with van der Waals surface area (Å²) in [5.41, 5.74) is 1.80. The van der Waals surface area contributed by atoms with E-state index in [1.165, 1.54) is 0 Å². The normalized spacial score (nSPS) is 12.6. The van der Waals surface area contributed by atoms with Crippen LogP contribution in [0.3, 0.4) is 0 Å². The van der Waals surface area contributed by atoms with E-state index >= 15 is 0 Å². The van der Waals surface area contributed by atoms with Crippen molar-refractivity contribution >= 4 is 12.0 Å². The van der Waals surface area contributed by atoms with Crippen molar-refractivity contribution in [2.24, 2.45) is 0 Å². The van der Waals surface area contributed by atoms with Gasteiger partial charge in [-0.3, -0.25) is 4.79 Å². The Bertz CT molecular complexity index is 709. The molecule has 0 aliphatic heterocycles. The van der Waals surface area contributed by atoms with E-state index in [-0.39, 0.29) is 22.2 Å². The first kappa shape index (κ1) is 22.7. The third-order valence-electron chi connectivity index (χ3n) is 4.24. The number of nitrogens with one attached hydrogen (secondary N) is 1. The zero-order chi connectivity index (χ0) is 20.8. The lowest BCUT2D eigenvalue weighted by molar-refractivity contribution is -0.117. The van der Waals surface area contributed by atoms with E-state index in [2.05, 4.69) is 5.32 Å². The molecule has 148 valence electrons. The molecule has 0 radical (unpaired) electrons. The Labute approximate surface area is 163 Å². The summed E-state index contributed by atoms with van der Waals surface area (Å²) in [6, 6.07) is 5.67. The summed E-state index contributed by atoms with van der Waals surface area (Å²) in [5.74, 6) is -0.133. The molecule has 0 saturated heterocycles. The minimum atomic E-state index is -0.406. The van der Waals surface area contributed by atoms with Crippen LogP contribution in [0.1, 0.15) is 64.7 Å². The number of carbonyl (C=O) groups is 1. The highest BCUT2D eigenvalue weighted by Gasteiger charge is 2.26. The fraction of sp³-hybridized carbons (Fsp3) is 0.545. The van der Waals surface area contributed by atoms with Gasteiger partial charge in [0.1, 0.15) is 17.4 Å². The lowest BCUT2D eigenvalue weighted by Crippen LogP contribution is -2.26. The Kier molecular flexibility index (Phi) is 7.62. The number of phenols is 1. The van der Waals surface area contributed by atoms with Gasteiger partial charge >= 0.3 is 0 Å². The predicted molar refractivity (Wildman–Crippen MR) is 109 cm³/mol. The predicted octanol–water partition coefficient (Wildman–Crippen LogP) is 4.05. The first-order valence-electron chi connectivity index (χ1n) is 9.18. The number of phenolic OH excluding ortho intramolecular Hbond substituents is 1. The number of rotatable bonds is 6. The highest BCUT2D eigenvalue weighted by molar-refractivity contribution is 6.01. The maximum atomic E-state index is 12.3. The molecule has 0 aliphatic carbocycles. The fourth-order valence-corrected chi connectivity index (χ4v) is 2.71. The van der Waals surface area contributed by atoms with Crippen LogP contribution in [0.25, 0.3) is 6.08 Å². The molecule has 1 aromatic carbocycles. The van der Waals surface area contributed by atoms with Crippen LogP contribution in [-0.4, -0.2) is 31.3 Å². The molecule has 5 nitrogen and oxygen atoms in total. The van der Waals surface area contributed by atoms with Crippen molar-refractivity contribution in [3.05, 3.63) is 34.4 Å². The summed E-state index contributed by atoms with van der Waals surface area (Å²) in [4.78, 5) is 12.3. The van der Waals surface area contributed by atoms with Crippen LogP contribution in [0, 0.1) is 11.3 Å². The molecule has 0 aromatic heterocycles. The second-order valence-corrected chi connectivity index (χ2v) is 8.74. The molecule has 0 unspecified atom stereocenters. The van der Waals surface area contributed by atoms with Gasteiger partial charge in [-0.1, -0.05) is 41.5 Å². The molecule has 0 aliphatic rings. The highest BCUT2D eigenvalue weighted by Crippen LogP contribution is 2.40. The van der Waals surface area contributed by atoms with Gasteiger partial charge in [0.05, 0.1) is 0 Å². The van der Waals surface area contributed by atoms with Gasteiger partial charge in [-0.05, 0) is 41.0 Å². The Balaban J connectivity index is 3.33. The standard InChI is InChI=1S/C22H32N2O3/c1-21(2,3)17-12-15(13-18(19(17)25)22(4,5)6)11-16(14-23)20(26)24-9-8-10-27-7/h11-13,25H,8-10H2,1-7H3,(H,24,26). The second-order valence-electron chi connectivity index (χ2n) is 8.74. The average Bonchev–Trinajstić information content (AvgIpc) is 2.55. The Morgan fingerprint density at radius 1 is 1.19 bits per heavy atom. The molecule has 0 saturated carbocycles. The number of aromatic hydroxyl groups is 1. The number of benzene rings is 1. The molecule has 0 bridgehead atoms. The number of hydrogen-bond acceptors (Lipinski definition) is 4. The highest BCUT2D eigenvalue weighted by atomic mass is 16.5. The summed E-state index contributed by atoms with van der Waals surface area (Å²) in [5, 5.41) is 22.9. The number of nitriles is 1. The number of amides is 1. The monoisotopic (exact) mass is 372 g/mol. The van der Waals surface area contributed by atoms with Crippen molar-refractivity contribution in [1.29, 1.82) is 5.26 Å². The zero-order valence-corrected chi connectivity index (χ0v) is 17.6. The van der Waals surface area contributed by atoms with E-state index in [1.54, 1.807) is 13.2 Å². The van der Waals surface area contributed by atoms with E-state index < -0.39 is 5.91 Å². The van der Waals surface area contributed by atoms with Crippen molar-refractivity contribution in [3.8, 4) is 11.8 Å². The van der Waals surface area contributed by atoms with E-state index in [0.717, 1.165) is 16.7 Å². The molecule has 1 amide bonds. The SMILES string of the molecule is COCCCNC(=O)C(C#N)=Cc1cc(C(C)(C)C)c(O)c(C(C)(C)C)c1. The molecule has 0 fully saturated rings. The zero-order valence-electron chi connectivity index (χ0n) is 17.6. The van der Waals surface area contributed by atoms with Gasteiger partial charge in [0, 0.05) is 31.4 Å². The number of nitrogens with zero attached hydrogens (tertiary/aromatic N) is 1. The third-order valence-corrected chi connectivity index (χ3v) is 4.24. The molecular weight excluding hydrogens is 340 g/mol. The van der Waals surface area contributed by atoms with Crippen molar-refractivity contribution in [1.82, 2.24) is 5.32 Å². The van der Waals surface area contributed by atoms with Gasteiger partial charge in [0.25, 0.3) is 5.91 Å². The largest absolute Gasteiger partial charge is 0.507 e. The van der Waals surface area contributed by atoms with E-state index in [4.69, 9.17) is 4.74 Å². The maximum Gasteiger partial charge on any atom is 0.261 e. The lowest BCUT2D eigenvalue weighted by Gasteiger charge is -2.28. The van der Waals surface area contributed by atoms with Crippen LogP contribution in [0.4, 0.5) is 0 Å². The summed E-state index contributed by atoms with van der Waals surface area (Å²) >= 11 is 0. The molecule has 27 heavy (non-hydrogen) atoms. The van der Waals surface area contributed by atoms with E-state index in [0.29, 0.717) is 19.6 Å². The number of methoxy groups -OCH3 is 1. The van der Waals surface area contributed by atoms with Crippen molar-refractivity contribution < 1.29 is 14.6 Å². The molecule has 0 spiro atoms. The minimum Gasteiger partial charge on any atom is -0.507 e. The molecule has 1 aromatic rings. The van der Waals surface area contributed by atoms with Crippen LogP contribution in [-0.2, 0) is 20.4 Å². The summed E-state index contributed by atoms with van der Waals surface area (Å²) in [6.07, 6.45) is 2.26. The van der Waals surface area contributed by atoms with Crippen LogP contribution >= 0.6 is 0 Å². The Hall–Kier alpha value is -2.32. The van der Waals surface area contributed by atoms with Crippen LogP contribution in [0.5, 0.6) is 5.75 Å². The first-order chi connectivity index (χ1) is 12.4. The third kappa shape index (κ3) is 6.41. The van der Waals surface area contributed by atoms with Gasteiger partial charge in [0.15, 0.2) is 0 Å². The molecular formula is C22H32N2O3. The summed E-state index contributed by atoms with van der Waals surface area (Å²) < 4.78 is 4.95. The number of hydrogen-bond donors (Lipinski definition) is 2. The van der Waals surface area contributed by atoms with Crippen LogP contribution < -0.4 is 5.32 Å². The molecule has 0 heterocycles. The Morgan fingerprint density at radius 2 is 1.70 bits per heavy atom. The van der Waals surface area contributed by atoms with Gasteiger partial charge in [-0.2, -0.15) is 5.26 Å². The van der Waals surface area contributed by atoms with Gasteiger partial charge < -0.3 is 15.2 Å². The average molecular weight is 373 g/mol. The van der Waals surface area contributed by atoms with Gasteiger partial charge in [-0.15, -0.1) is 0 Å². The van der Waals surface area contributed by atoms with Crippen molar-refractivity contribution in [3.63, 3.8) is 0 Å². The Morgan fingerprint density at radius 3 is 2.11 bits per heavy atom. The molecule has 2 N–H and O–H groups in total. The summed E-state index contributed by atoms with van der Waals surface area (Å²) in [6.45, 7) is 13.1. The van der Waals surface area contributed by atoms with E-state index in [1.807, 2.05) is 59.7 Å². The quantitative estimate of drug-likeness (QED) is 0.448. The summed E-state index contributed by atoms with van der Waals surface area (Å²) in [7, 11) is 1.60. The minimum absolute atomic E-state index is 0.0397. The van der Waals surface area contributed by atoms with Gasteiger partial charge in [-0.25, -0.2) is 0 Å². The van der Waals surface area contributed by atoms with Crippen molar-refractivity contribution in [2.45, 2.75) is 58.8 Å². The van der Waals surface area contributed by atoms with Crippen molar-refractivity contribution in [2.75, 3.05) is 20.3 Å². The van der Waals surface area contributed by atoms with Crippen LogP contribution in [0.2, 0.25) is 0 Å². The molecule has 0 atom stereocenters. The fourth-order valence-electron chi connectivity index (χ4n) is 2.71. The second kappa shape index (κ2) is 9.05. The number of ether oxygens (including phenoxy) is 1. The molecule has 1 rings (SSSR count).